The number of benzene rings is 1. The van der Waals surface area contributed by atoms with Crippen LogP contribution in [0.25, 0.3) is 0 Å². The summed E-state index contributed by atoms with van der Waals surface area (Å²) in [5.41, 5.74) is 1.21. The normalized spacial score (nSPS) is 12.3. The van der Waals surface area contributed by atoms with E-state index in [4.69, 9.17) is 32.7 Å². The van der Waals surface area contributed by atoms with Crippen LogP contribution in [0.2, 0.25) is 8.67 Å². The zero-order valence-electron chi connectivity index (χ0n) is 10.3. The quantitative estimate of drug-likeness (QED) is 0.920. The van der Waals surface area contributed by atoms with Crippen molar-refractivity contribution in [1.82, 2.24) is 0 Å². The first-order valence-corrected chi connectivity index (χ1v) is 6.98. The van der Waals surface area contributed by atoms with Gasteiger partial charge in [0.25, 0.3) is 0 Å². The molecule has 0 aliphatic heterocycles. The second-order valence-electron chi connectivity index (χ2n) is 3.83. The third-order valence-corrected chi connectivity index (χ3v) is 4.19. The fourth-order valence-corrected chi connectivity index (χ4v) is 3.23. The van der Waals surface area contributed by atoms with Gasteiger partial charge in [0.1, 0.15) is 21.9 Å². The molecule has 102 valence electrons. The van der Waals surface area contributed by atoms with Gasteiger partial charge in [0.05, 0.1) is 18.6 Å². The fraction of sp³-hybridized carbons (Fsp3) is 0.231. The van der Waals surface area contributed by atoms with Crippen molar-refractivity contribution in [3.8, 4) is 11.5 Å². The van der Waals surface area contributed by atoms with Gasteiger partial charge in [0.15, 0.2) is 0 Å². The largest absolute Gasteiger partial charge is 0.497 e. The third kappa shape index (κ3) is 3.15. The van der Waals surface area contributed by atoms with E-state index < -0.39 is 6.10 Å². The van der Waals surface area contributed by atoms with E-state index in [9.17, 15) is 5.11 Å². The molecule has 1 aromatic carbocycles. The lowest BCUT2D eigenvalue weighted by atomic mass is 10.0. The summed E-state index contributed by atoms with van der Waals surface area (Å²) in [6.07, 6.45) is -0.875. The molecule has 1 N–H and O–H groups in total. The average molecular weight is 319 g/mol. The van der Waals surface area contributed by atoms with E-state index in [0.717, 1.165) is 0 Å². The molecule has 3 nitrogen and oxygen atoms in total. The van der Waals surface area contributed by atoms with E-state index in [1.54, 1.807) is 38.5 Å². The zero-order valence-corrected chi connectivity index (χ0v) is 12.6. The molecule has 6 heteroatoms. The van der Waals surface area contributed by atoms with Crippen molar-refractivity contribution in [1.29, 1.82) is 0 Å². The van der Waals surface area contributed by atoms with Gasteiger partial charge < -0.3 is 14.6 Å². The highest BCUT2D eigenvalue weighted by Gasteiger charge is 2.18. The molecular weight excluding hydrogens is 307 g/mol. The van der Waals surface area contributed by atoms with Crippen LogP contribution in [0.3, 0.4) is 0 Å². The molecule has 0 saturated heterocycles. The Morgan fingerprint density at radius 2 is 1.63 bits per heavy atom. The zero-order chi connectivity index (χ0) is 14.0. The molecule has 2 rings (SSSR count). The van der Waals surface area contributed by atoms with E-state index in [0.29, 0.717) is 31.3 Å². The van der Waals surface area contributed by atoms with Gasteiger partial charge in [-0.3, -0.25) is 0 Å². The Morgan fingerprint density at radius 3 is 2.05 bits per heavy atom. The maximum atomic E-state index is 10.4. The molecule has 0 amide bonds. The third-order valence-electron chi connectivity index (χ3n) is 2.67. The number of rotatable bonds is 4. The molecule has 0 aliphatic rings. The highest BCUT2D eigenvalue weighted by atomic mass is 35.5. The fourth-order valence-electron chi connectivity index (χ4n) is 1.71. The van der Waals surface area contributed by atoms with Crippen molar-refractivity contribution in [2.45, 2.75) is 6.10 Å². The Kier molecular flexibility index (Phi) is 4.58. The summed E-state index contributed by atoms with van der Waals surface area (Å²) in [6, 6.07) is 6.85. The maximum Gasteiger partial charge on any atom is 0.122 e. The van der Waals surface area contributed by atoms with Crippen LogP contribution in [-0.4, -0.2) is 19.3 Å². The number of hydrogen-bond acceptors (Lipinski definition) is 4. The first-order valence-electron chi connectivity index (χ1n) is 5.41. The summed E-state index contributed by atoms with van der Waals surface area (Å²) in [7, 11) is 3.11. The summed E-state index contributed by atoms with van der Waals surface area (Å²) in [5.74, 6) is 1.21. The minimum absolute atomic E-state index is 0.472. The summed E-state index contributed by atoms with van der Waals surface area (Å²) in [4.78, 5) is 0. The Morgan fingerprint density at radius 1 is 1.05 bits per heavy atom. The predicted octanol–water partition coefficient (Wildman–Crippen LogP) is 4.15. The second kappa shape index (κ2) is 6.01. The Labute approximate surface area is 125 Å². The molecule has 2 aromatic rings. The topological polar surface area (TPSA) is 38.7 Å². The van der Waals surface area contributed by atoms with Crippen molar-refractivity contribution in [2.75, 3.05) is 14.2 Å². The molecule has 0 bridgehead atoms. The van der Waals surface area contributed by atoms with Crippen LogP contribution >= 0.6 is 34.5 Å². The summed E-state index contributed by atoms with van der Waals surface area (Å²) in [6.45, 7) is 0. The lowest BCUT2D eigenvalue weighted by Crippen LogP contribution is -2.00. The van der Waals surface area contributed by atoms with Gasteiger partial charge in [-0.15, -0.1) is 11.3 Å². The Balaban J connectivity index is 2.43. The number of halogens is 2. The number of aliphatic hydroxyl groups excluding tert-OH is 1. The van der Waals surface area contributed by atoms with Gasteiger partial charge in [-0.25, -0.2) is 0 Å². The number of ether oxygens (including phenoxy) is 2. The number of thiophene rings is 1. The van der Waals surface area contributed by atoms with E-state index >= 15 is 0 Å². The Hall–Kier alpha value is -0.940. The lowest BCUT2D eigenvalue weighted by Gasteiger charge is -2.13. The van der Waals surface area contributed by atoms with E-state index in [2.05, 4.69) is 0 Å². The first kappa shape index (κ1) is 14.5. The van der Waals surface area contributed by atoms with Crippen molar-refractivity contribution in [2.24, 2.45) is 0 Å². The molecule has 1 aromatic heterocycles. The summed E-state index contributed by atoms with van der Waals surface area (Å²) in [5, 5.41) is 10.4. The lowest BCUT2D eigenvalue weighted by molar-refractivity contribution is 0.219. The van der Waals surface area contributed by atoms with Crippen LogP contribution in [0.15, 0.2) is 24.3 Å². The highest BCUT2D eigenvalue weighted by molar-refractivity contribution is 7.20. The van der Waals surface area contributed by atoms with Gasteiger partial charge in [0.2, 0.25) is 0 Å². The van der Waals surface area contributed by atoms with E-state index in [1.165, 1.54) is 11.3 Å². The molecular formula is C13H12Cl2O3S. The molecule has 1 atom stereocenters. The molecule has 1 heterocycles. The molecule has 1 unspecified atom stereocenters. The highest BCUT2D eigenvalue weighted by Crippen LogP contribution is 2.38. The minimum Gasteiger partial charge on any atom is -0.497 e. The van der Waals surface area contributed by atoms with Gasteiger partial charge in [-0.2, -0.15) is 0 Å². The van der Waals surface area contributed by atoms with Crippen molar-refractivity contribution in [3.05, 3.63) is 44.1 Å². The minimum atomic E-state index is -0.875. The number of aliphatic hydroxyl groups is 1. The average Bonchev–Trinajstić information content (AvgIpc) is 2.76. The Bertz CT molecular complexity index is 561. The van der Waals surface area contributed by atoms with E-state index in [-0.39, 0.29) is 0 Å². The summed E-state index contributed by atoms with van der Waals surface area (Å²) >= 11 is 13.2. The van der Waals surface area contributed by atoms with Crippen molar-refractivity contribution >= 4 is 34.5 Å². The van der Waals surface area contributed by atoms with Crippen LogP contribution in [0.5, 0.6) is 11.5 Å². The van der Waals surface area contributed by atoms with Gasteiger partial charge in [-0.05, 0) is 23.8 Å². The number of methoxy groups -OCH3 is 2. The maximum absolute atomic E-state index is 10.4. The molecule has 0 aliphatic carbocycles. The molecule has 0 spiro atoms. The van der Waals surface area contributed by atoms with Crippen LogP contribution in [0.4, 0.5) is 0 Å². The van der Waals surface area contributed by atoms with Crippen LogP contribution in [-0.2, 0) is 0 Å². The van der Waals surface area contributed by atoms with E-state index in [1.807, 2.05) is 0 Å². The molecule has 19 heavy (non-hydrogen) atoms. The smallest absolute Gasteiger partial charge is 0.122 e. The van der Waals surface area contributed by atoms with Gasteiger partial charge in [0, 0.05) is 11.6 Å². The van der Waals surface area contributed by atoms with Crippen LogP contribution < -0.4 is 9.47 Å². The first-order chi connectivity index (χ1) is 9.05. The standard InChI is InChI=1S/C13H12Cl2O3S/c1-17-8-3-7(4-9(5-8)18-2)12(16)10-6-11(14)19-13(10)15/h3-6,12,16H,1-2H3. The molecule has 0 radical (unpaired) electrons. The van der Waals surface area contributed by atoms with Gasteiger partial charge >= 0.3 is 0 Å². The predicted molar refractivity (Wildman–Crippen MR) is 77.9 cm³/mol. The SMILES string of the molecule is COc1cc(OC)cc(C(O)c2cc(Cl)sc2Cl)c1. The molecule has 0 fully saturated rings. The van der Waals surface area contributed by atoms with Crippen molar-refractivity contribution < 1.29 is 14.6 Å². The van der Waals surface area contributed by atoms with Crippen LogP contribution in [0, 0.1) is 0 Å². The van der Waals surface area contributed by atoms with Crippen molar-refractivity contribution in [3.63, 3.8) is 0 Å². The monoisotopic (exact) mass is 318 g/mol. The second-order valence-corrected chi connectivity index (χ2v) is 6.11. The summed E-state index contributed by atoms with van der Waals surface area (Å²) < 4.78 is 11.4. The van der Waals surface area contributed by atoms with Crippen LogP contribution in [0.1, 0.15) is 17.2 Å². The number of hydrogen-bond donors (Lipinski definition) is 1. The molecule has 0 saturated carbocycles. The van der Waals surface area contributed by atoms with Gasteiger partial charge in [-0.1, -0.05) is 23.2 Å².